The van der Waals surface area contributed by atoms with Crippen LogP contribution in [0, 0.1) is 0 Å². The van der Waals surface area contributed by atoms with Crippen LogP contribution in [0.2, 0.25) is 0 Å². The molecule has 1 atom stereocenters. The van der Waals surface area contributed by atoms with E-state index in [1.54, 1.807) is 0 Å². The van der Waals surface area contributed by atoms with Crippen LogP contribution in [0.1, 0.15) is 12.8 Å². The van der Waals surface area contributed by atoms with Gasteiger partial charge in [0.1, 0.15) is 6.04 Å². The average Bonchev–Trinajstić information content (AvgIpc) is 2.52. The van der Waals surface area contributed by atoms with Crippen molar-refractivity contribution >= 4 is 23.6 Å². The number of hydrogen-bond acceptors (Lipinski definition) is 3. The zero-order valence-electron chi connectivity index (χ0n) is 7.52. The van der Waals surface area contributed by atoms with Crippen LogP contribution in [0.4, 0.5) is 0 Å². The lowest BCUT2D eigenvalue weighted by Crippen LogP contribution is -2.41. The second kappa shape index (κ2) is 4.50. The van der Waals surface area contributed by atoms with Crippen LogP contribution in [-0.2, 0) is 9.59 Å². The Hall–Kier alpha value is -0.710. The summed E-state index contributed by atoms with van der Waals surface area (Å²) in [4.78, 5) is 23.6. The number of carbonyl (C=O) groups is 2. The highest BCUT2D eigenvalue weighted by atomic mass is 32.2. The smallest absolute Gasteiger partial charge is 0.326 e. The highest BCUT2D eigenvalue weighted by Gasteiger charge is 2.33. The SMILES string of the molecule is CSCC(=O)N1CCCC1C(=O)O. The number of rotatable bonds is 3. The minimum atomic E-state index is -0.882. The highest BCUT2D eigenvalue weighted by Crippen LogP contribution is 2.18. The lowest BCUT2D eigenvalue weighted by Gasteiger charge is -2.20. The summed E-state index contributed by atoms with van der Waals surface area (Å²) in [7, 11) is 0. The topological polar surface area (TPSA) is 57.6 Å². The number of hydrogen-bond donors (Lipinski definition) is 1. The van der Waals surface area contributed by atoms with E-state index in [9.17, 15) is 9.59 Å². The van der Waals surface area contributed by atoms with Crippen molar-refractivity contribution in [3.05, 3.63) is 0 Å². The maximum atomic E-state index is 11.4. The van der Waals surface area contributed by atoms with Crippen LogP contribution in [0.15, 0.2) is 0 Å². The molecule has 0 saturated carbocycles. The molecule has 0 spiro atoms. The van der Waals surface area contributed by atoms with Gasteiger partial charge in [0.05, 0.1) is 5.75 Å². The highest BCUT2D eigenvalue weighted by molar-refractivity contribution is 7.99. The van der Waals surface area contributed by atoms with Crippen molar-refractivity contribution in [2.24, 2.45) is 0 Å². The first-order valence-electron chi connectivity index (χ1n) is 4.18. The van der Waals surface area contributed by atoms with E-state index in [1.165, 1.54) is 16.7 Å². The molecule has 1 aliphatic heterocycles. The zero-order chi connectivity index (χ0) is 9.84. The van der Waals surface area contributed by atoms with E-state index in [1.807, 2.05) is 6.26 Å². The third-order valence-electron chi connectivity index (χ3n) is 2.13. The van der Waals surface area contributed by atoms with Crippen LogP contribution < -0.4 is 0 Å². The quantitative estimate of drug-likeness (QED) is 0.722. The predicted molar refractivity (Wildman–Crippen MR) is 50.8 cm³/mol. The molecule has 0 aliphatic carbocycles. The summed E-state index contributed by atoms with van der Waals surface area (Å²) < 4.78 is 0. The van der Waals surface area contributed by atoms with Gasteiger partial charge in [0.25, 0.3) is 0 Å². The standard InChI is InChI=1S/C8H13NO3S/c1-13-5-7(10)9-4-2-3-6(9)8(11)12/h6H,2-5H2,1H3,(H,11,12). The fraction of sp³-hybridized carbons (Fsp3) is 0.750. The van der Waals surface area contributed by atoms with Crippen LogP contribution in [-0.4, -0.2) is 46.5 Å². The van der Waals surface area contributed by atoms with Crippen molar-refractivity contribution < 1.29 is 14.7 Å². The van der Waals surface area contributed by atoms with Crippen LogP contribution in [0.5, 0.6) is 0 Å². The third-order valence-corrected chi connectivity index (χ3v) is 2.66. The summed E-state index contributed by atoms with van der Waals surface area (Å²) in [5, 5.41) is 8.80. The zero-order valence-corrected chi connectivity index (χ0v) is 8.34. The van der Waals surface area contributed by atoms with Crippen LogP contribution in [0.3, 0.4) is 0 Å². The molecule has 4 nitrogen and oxygen atoms in total. The Morgan fingerprint density at radius 2 is 2.31 bits per heavy atom. The van der Waals surface area contributed by atoms with Gasteiger partial charge >= 0.3 is 5.97 Å². The second-order valence-corrected chi connectivity index (χ2v) is 3.88. The van der Waals surface area contributed by atoms with Crippen molar-refractivity contribution in [3.63, 3.8) is 0 Å². The van der Waals surface area contributed by atoms with Gasteiger partial charge in [0.15, 0.2) is 0 Å². The molecular formula is C8H13NO3S. The van der Waals surface area contributed by atoms with E-state index in [4.69, 9.17) is 5.11 Å². The van der Waals surface area contributed by atoms with E-state index >= 15 is 0 Å². The molecule has 1 unspecified atom stereocenters. The Morgan fingerprint density at radius 3 is 2.85 bits per heavy atom. The number of carbonyl (C=O) groups excluding carboxylic acids is 1. The predicted octanol–water partition coefficient (Wildman–Crippen LogP) is 0.425. The molecule has 1 N–H and O–H groups in total. The van der Waals surface area contributed by atoms with E-state index in [0.29, 0.717) is 18.7 Å². The largest absolute Gasteiger partial charge is 0.480 e. The van der Waals surface area contributed by atoms with Crippen molar-refractivity contribution in [2.45, 2.75) is 18.9 Å². The summed E-state index contributed by atoms with van der Waals surface area (Å²) in [6.07, 6.45) is 3.23. The maximum absolute atomic E-state index is 11.4. The van der Waals surface area contributed by atoms with Gasteiger partial charge in [-0.05, 0) is 19.1 Å². The number of carboxylic acids is 1. The normalized spacial score (nSPS) is 21.9. The summed E-state index contributed by atoms with van der Waals surface area (Å²) >= 11 is 1.43. The molecule has 1 heterocycles. The van der Waals surface area contributed by atoms with Gasteiger partial charge in [0.2, 0.25) is 5.91 Å². The van der Waals surface area contributed by atoms with Gasteiger partial charge in [0, 0.05) is 6.54 Å². The minimum Gasteiger partial charge on any atom is -0.480 e. The van der Waals surface area contributed by atoms with E-state index in [2.05, 4.69) is 0 Å². The Bertz CT molecular complexity index is 219. The molecular weight excluding hydrogens is 190 g/mol. The Labute approximate surface area is 81.3 Å². The van der Waals surface area contributed by atoms with E-state index in [-0.39, 0.29) is 5.91 Å². The summed E-state index contributed by atoms with van der Waals surface area (Å²) in [6.45, 7) is 0.594. The van der Waals surface area contributed by atoms with Crippen LogP contribution >= 0.6 is 11.8 Å². The third kappa shape index (κ3) is 2.37. The van der Waals surface area contributed by atoms with Crippen LogP contribution in [0.25, 0.3) is 0 Å². The fourth-order valence-electron chi connectivity index (χ4n) is 1.53. The van der Waals surface area contributed by atoms with Crippen molar-refractivity contribution in [3.8, 4) is 0 Å². The van der Waals surface area contributed by atoms with E-state index < -0.39 is 12.0 Å². The monoisotopic (exact) mass is 203 g/mol. The molecule has 0 aromatic heterocycles. The number of likely N-dealkylation sites (tertiary alicyclic amines) is 1. The van der Waals surface area contributed by atoms with Crippen molar-refractivity contribution in [2.75, 3.05) is 18.6 Å². The molecule has 1 fully saturated rings. The van der Waals surface area contributed by atoms with Crippen molar-refractivity contribution in [1.82, 2.24) is 4.90 Å². The van der Waals surface area contributed by atoms with Gasteiger partial charge in [-0.15, -0.1) is 0 Å². The first kappa shape index (κ1) is 10.4. The lowest BCUT2D eigenvalue weighted by atomic mass is 10.2. The lowest BCUT2D eigenvalue weighted by molar-refractivity contribution is -0.147. The first-order valence-corrected chi connectivity index (χ1v) is 5.57. The number of amides is 1. The summed E-state index contributed by atoms with van der Waals surface area (Å²) in [5.74, 6) is -0.562. The van der Waals surface area contributed by atoms with Crippen molar-refractivity contribution in [1.29, 1.82) is 0 Å². The summed E-state index contributed by atoms with van der Waals surface area (Å²) in [5.41, 5.74) is 0. The number of nitrogens with zero attached hydrogens (tertiary/aromatic N) is 1. The number of aliphatic carboxylic acids is 1. The Kier molecular flexibility index (Phi) is 3.59. The summed E-state index contributed by atoms with van der Waals surface area (Å²) in [6, 6.07) is -0.584. The van der Waals surface area contributed by atoms with Gasteiger partial charge in [-0.25, -0.2) is 4.79 Å². The number of thioether (sulfide) groups is 1. The molecule has 0 bridgehead atoms. The molecule has 0 radical (unpaired) electrons. The molecule has 1 saturated heterocycles. The molecule has 5 heteroatoms. The molecule has 13 heavy (non-hydrogen) atoms. The van der Waals surface area contributed by atoms with E-state index in [0.717, 1.165) is 6.42 Å². The Morgan fingerprint density at radius 1 is 1.62 bits per heavy atom. The number of carboxylic acid groups (broad SMARTS) is 1. The second-order valence-electron chi connectivity index (χ2n) is 3.02. The maximum Gasteiger partial charge on any atom is 0.326 e. The molecule has 1 amide bonds. The molecule has 74 valence electrons. The van der Waals surface area contributed by atoms with Gasteiger partial charge in [-0.3, -0.25) is 4.79 Å². The molecule has 1 aliphatic rings. The minimum absolute atomic E-state index is 0.0580. The first-order chi connectivity index (χ1) is 6.16. The fourth-order valence-corrected chi connectivity index (χ4v) is 1.94. The molecule has 0 aromatic rings. The molecule has 0 aromatic carbocycles. The van der Waals surface area contributed by atoms with Gasteiger partial charge in [-0.1, -0.05) is 0 Å². The average molecular weight is 203 g/mol. The Balaban J connectivity index is 2.57. The molecule has 1 rings (SSSR count). The van der Waals surface area contributed by atoms with Gasteiger partial charge in [-0.2, -0.15) is 11.8 Å². The van der Waals surface area contributed by atoms with Gasteiger partial charge < -0.3 is 10.0 Å².